The van der Waals surface area contributed by atoms with Gasteiger partial charge in [-0.1, -0.05) is 23.7 Å². The van der Waals surface area contributed by atoms with Gasteiger partial charge in [0.05, 0.1) is 13.7 Å². The normalized spacial score (nSPS) is 13.7. The minimum absolute atomic E-state index is 0.00489. The van der Waals surface area contributed by atoms with E-state index in [4.69, 9.17) is 26.5 Å². The smallest absolute Gasteiger partial charge is 0.433 e. The molecule has 0 bridgehead atoms. The third-order valence-electron chi connectivity index (χ3n) is 6.14. The number of pyridine rings is 1. The summed E-state index contributed by atoms with van der Waals surface area (Å²) in [6.45, 7) is 0.711. The zero-order valence-corrected chi connectivity index (χ0v) is 19.8. The van der Waals surface area contributed by atoms with Crippen LogP contribution in [-0.2, 0) is 25.7 Å². The van der Waals surface area contributed by atoms with Crippen LogP contribution in [0.1, 0.15) is 33.1 Å². The Balaban J connectivity index is 1.54. The van der Waals surface area contributed by atoms with Crippen molar-refractivity contribution in [2.45, 2.75) is 25.7 Å². The summed E-state index contributed by atoms with van der Waals surface area (Å²) in [5.41, 5.74) is 7.17. The Labute approximate surface area is 208 Å². The number of carbonyl (C=O) groups is 1. The lowest BCUT2D eigenvalue weighted by atomic mass is 9.99. The summed E-state index contributed by atoms with van der Waals surface area (Å²) in [7, 11) is 1.34. The number of fused-ring (bicyclic) bond motifs is 2. The maximum atomic E-state index is 13.4. The second-order valence-electron chi connectivity index (χ2n) is 8.25. The molecule has 1 amide bonds. The molecule has 0 fully saturated rings. The van der Waals surface area contributed by atoms with Gasteiger partial charge in [-0.15, -0.1) is 0 Å². The Morgan fingerprint density at radius 2 is 2.00 bits per heavy atom. The van der Waals surface area contributed by atoms with Gasteiger partial charge in [-0.3, -0.25) is 4.79 Å². The summed E-state index contributed by atoms with van der Waals surface area (Å²) in [4.78, 5) is 23.2. The number of alkyl halides is 3. The molecule has 0 saturated heterocycles. The fourth-order valence-corrected chi connectivity index (χ4v) is 4.65. The van der Waals surface area contributed by atoms with Gasteiger partial charge in [-0.05, 0) is 47.9 Å². The monoisotopic (exact) mass is 516 g/mol. The van der Waals surface area contributed by atoms with Crippen molar-refractivity contribution in [3.05, 3.63) is 75.8 Å². The highest BCUT2D eigenvalue weighted by atomic mass is 35.5. The lowest BCUT2D eigenvalue weighted by molar-refractivity contribution is -0.140. The Morgan fingerprint density at radius 1 is 1.19 bits per heavy atom. The number of benzene rings is 2. The van der Waals surface area contributed by atoms with Crippen molar-refractivity contribution in [1.29, 1.82) is 0 Å². The Morgan fingerprint density at radius 3 is 2.72 bits per heavy atom. The van der Waals surface area contributed by atoms with Crippen molar-refractivity contribution >= 4 is 28.4 Å². The van der Waals surface area contributed by atoms with Crippen LogP contribution in [0.25, 0.3) is 22.4 Å². The number of hydrogen-bond acceptors (Lipinski definition) is 6. The number of ether oxygens (including phenoxy) is 1. The molecule has 186 valence electrons. The number of carbonyl (C=O) groups excluding carboxylic acids is 1. The number of hydrogen-bond donors (Lipinski definition) is 1. The molecule has 4 aromatic rings. The fourth-order valence-electron chi connectivity index (χ4n) is 4.36. The first-order valence-electron chi connectivity index (χ1n) is 11.0. The lowest BCUT2D eigenvalue weighted by Crippen LogP contribution is -2.36. The van der Waals surface area contributed by atoms with E-state index >= 15 is 0 Å². The van der Waals surface area contributed by atoms with Crippen LogP contribution < -0.4 is 10.5 Å². The molecule has 0 saturated carbocycles. The van der Waals surface area contributed by atoms with Gasteiger partial charge in [0.15, 0.2) is 11.5 Å². The molecule has 1 aliphatic rings. The van der Waals surface area contributed by atoms with Gasteiger partial charge >= 0.3 is 6.18 Å². The first-order valence-corrected chi connectivity index (χ1v) is 11.4. The van der Waals surface area contributed by atoms with Gasteiger partial charge < -0.3 is 19.8 Å². The minimum Gasteiger partial charge on any atom is -0.494 e. The predicted molar refractivity (Wildman–Crippen MR) is 127 cm³/mol. The molecule has 1 aliphatic heterocycles. The number of amides is 1. The average molecular weight is 517 g/mol. The van der Waals surface area contributed by atoms with E-state index in [0.717, 1.165) is 17.2 Å². The SMILES string of the molecule is COc1ccc(-c2nc(C(=O)N3CCc4c(Cl)cccc4C3)c(CN)o2)c2ccc(C(F)(F)F)nc12. The van der Waals surface area contributed by atoms with Gasteiger partial charge in [-0.2, -0.15) is 13.2 Å². The van der Waals surface area contributed by atoms with Crippen LogP contribution in [0.3, 0.4) is 0 Å². The summed E-state index contributed by atoms with van der Waals surface area (Å²) in [6, 6.07) is 10.8. The van der Waals surface area contributed by atoms with E-state index < -0.39 is 11.9 Å². The molecule has 0 unspecified atom stereocenters. The minimum atomic E-state index is -4.62. The maximum absolute atomic E-state index is 13.4. The summed E-state index contributed by atoms with van der Waals surface area (Å²) in [6.07, 6.45) is -4.03. The van der Waals surface area contributed by atoms with Gasteiger partial charge in [-0.25, -0.2) is 9.97 Å². The van der Waals surface area contributed by atoms with Gasteiger partial charge in [0.2, 0.25) is 5.89 Å². The summed E-state index contributed by atoms with van der Waals surface area (Å²) < 4.78 is 50.8. The van der Waals surface area contributed by atoms with Crippen LogP contribution in [0.2, 0.25) is 5.02 Å². The highest BCUT2D eigenvalue weighted by molar-refractivity contribution is 6.31. The molecule has 7 nitrogen and oxygen atoms in total. The van der Waals surface area contributed by atoms with Crippen molar-refractivity contribution in [2.75, 3.05) is 13.7 Å². The molecule has 3 heterocycles. The van der Waals surface area contributed by atoms with Gasteiger partial charge in [0.25, 0.3) is 5.91 Å². The molecule has 0 radical (unpaired) electrons. The first-order chi connectivity index (χ1) is 17.2. The van der Waals surface area contributed by atoms with E-state index in [1.54, 1.807) is 11.0 Å². The van der Waals surface area contributed by atoms with E-state index in [1.165, 1.54) is 19.2 Å². The maximum Gasteiger partial charge on any atom is 0.433 e. The fraction of sp³-hybridized carbons (Fsp3) is 0.240. The number of nitrogens with zero attached hydrogens (tertiary/aromatic N) is 3. The number of methoxy groups -OCH3 is 1. The summed E-state index contributed by atoms with van der Waals surface area (Å²) in [5, 5.41) is 0.993. The quantitative estimate of drug-likeness (QED) is 0.399. The Bertz CT molecular complexity index is 1490. The predicted octanol–water partition coefficient (Wildman–Crippen LogP) is 5.23. The summed E-state index contributed by atoms with van der Waals surface area (Å²) in [5.74, 6) is 0.0305. The van der Waals surface area contributed by atoms with Gasteiger partial charge in [0, 0.05) is 29.1 Å². The number of nitrogens with two attached hydrogens (primary N) is 1. The highest BCUT2D eigenvalue weighted by Gasteiger charge is 2.33. The second-order valence-corrected chi connectivity index (χ2v) is 8.66. The molecule has 2 N–H and O–H groups in total. The molecule has 2 aromatic heterocycles. The summed E-state index contributed by atoms with van der Waals surface area (Å²) >= 11 is 6.29. The zero-order chi connectivity index (χ0) is 25.6. The van der Waals surface area contributed by atoms with E-state index in [-0.39, 0.29) is 41.1 Å². The van der Waals surface area contributed by atoms with Crippen molar-refractivity contribution in [3.8, 4) is 17.2 Å². The largest absolute Gasteiger partial charge is 0.494 e. The Hall–Kier alpha value is -3.63. The van der Waals surface area contributed by atoms with Crippen molar-refractivity contribution in [1.82, 2.24) is 14.9 Å². The van der Waals surface area contributed by atoms with Crippen LogP contribution in [0.15, 0.2) is 46.9 Å². The second kappa shape index (κ2) is 9.11. The molecule has 36 heavy (non-hydrogen) atoms. The number of oxazole rings is 1. The van der Waals surface area contributed by atoms with E-state index in [1.807, 2.05) is 18.2 Å². The van der Waals surface area contributed by atoms with E-state index in [0.29, 0.717) is 35.5 Å². The van der Waals surface area contributed by atoms with Crippen molar-refractivity contribution < 1.29 is 27.1 Å². The number of aromatic nitrogens is 2. The standard InChI is InChI=1S/C25H20ClF3N4O3/c1-35-18-7-5-16(15-6-8-20(25(27,28)29)31-21(15)18)23-32-22(19(11-30)36-23)24(34)33-10-9-14-13(12-33)3-2-4-17(14)26/h2-8H,9-12,30H2,1H3. The topological polar surface area (TPSA) is 94.5 Å². The number of halogens is 4. The number of rotatable bonds is 4. The van der Waals surface area contributed by atoms with Crippen molar-refractivity contribution in [2.24, 2.45) is 5.73 Å². The van der Waals surface area contributed by atoms with Crippen LogP contribution >= 0.6 is 11.6 Å². The molecule has 2 aromatic carbocycles. The van der Waals surface area contributed by atoms with Gasteiger partial charge in [0.1, 0.15) is 17.0 Å². The highest BCUT2D eigenvalue weighted by Crippen LogP contribution is 2.37. The third-order valence-corrected chi connectivity index (χ3v) is 6.50. The average Bonchev–Trinajstić information content (AvgIpc) is 3.31. The molecular formula is C25H20ClF3N4O3. The molecule has 0 spiro atoms. The Kier molecular flexibility index (Phi) is 6.09. The van der Waals surface area contributed by atoms with E-state index in [2.05, 4.69) is 9.97 Å². The molecule has 0 atom stereocenters. The lowest BCUT2D eigenvalue weighted by Gasteiger charge is -2.29. The van der Waals surface area contributed by atoms with Crippen molar-refractivity contribution in [3.63, 3.8) is 0 Å². The zero-order valence-electron chi connectivity index (χ0n) is 19.0. The third kappa shape index (κ3) is 4.16. The van der Waals surface area contributed by atoms with Crippen LogP contribution in [0.4, 0.5) is 13.2 Å². The first kappa shape index (κ1) is 24.1. The van der Waals surface area contributed by atoms with Crippen LogP contribution in [0, 0.1) is 0 Å². The molecule has 11 heteroatoms. The van der Waals surface area contributed by atoms with E-state index in [9.17, 15) is 18.0 Å². The molecular weight excluding hydrogens is 497 g/mol. The molecule has 0 aliphatic carbocycles. The molecule has 5 rings (SSSR count). The van der Waals surface area contributed by atoms with Crippen LogP contribution in [-0.4, -0.2) is 34.4 Å². The van der Waals surface area contributed by atoms with Crippen LogP contribution in [0.5, 0.6) is 5.75 Å².